The lowest BCUT2D eigenvalue weighted by Crippen LogP contribution is -2.40. The number of hydrogen-bond donors (Lipinski definition) is 1. The molecule has 1 aliphatic carbocycles. The number of aliphatic imine (C=N–C) groups is 1. The summed E-state index contributed by atoms with van der Waals surface area (Å²) in [5.41, 5.74) is 0.439. The standard InChI is InChI=1S/C12H22N2S/c1-2-3-6-9-13-11-14-12(10-15-11)7-4-5-8-12/h2-10H2,1H3,(H,13,14). The predicted molar refractivity (Wildman–Crippen MR) is 68.6 cm³/mol. The summed E-state index contributed by atoms with van der Waals surface area (Å²) >= 11 is 1.94. The van der Waals surface area contributed by atoms with Crippen LogP contribution in [0.25, 0.3) is 0 Å². The number of thioether (sulfide) groups is 1. The van der Waals surface area contributed by atoms with Crippen LogP contribution in [0.4, 0.5) is 0 Å². The van der Waals surface area contributed by atoms with Gasteiger partial charge in [0.05, 0.1) is 0 Å². The molecule has 0 radical (unpaired) electrons. The first-order valence-electron chi connectivity index (χ1n) is 6.30. The minimum atomic E-state index is 0.439. The van der Waals surface area contributed by atoms with Crippen molar-refractivity contribution in [3.05, 3.63) is 0 Å². The van der Waals surface area contributed by atoms with Crippen molar-refractivity contribution in [2.75, 3.05) is 12.3 Å². The van der Waals surface area contributed by atoms with Crippen molar-refractivity contribution in [3.63, 3.8) is 0 Å². The number of nitrogens with zero attached hydrogens (tertiary/aromatic N) is 1. The Labute approximate surface area is 97.3 Å². The van der Waals surface area contributed by atoms with Crippen molar-refractivity contribution in [1.29, 1.82) is 0 Å². The topological polar surface area (TPSA) is 24.4 Å². The van der Waals surface area contributed by atoms with E-state index in [9.17, 15) is 0 Å². The molecule has 1 spiro atoms. The zero-order chi connectivity index (χ0) is 10.6. The summed E-state index contributed by atoms with van der Waals surface area (Å²) in [7, 11) is 0. The monoisotopic (exact) mass is 226 g/mol. The second-order valence-corrected chi connectivity index (χ2v) is 5.76. The second-order valence-electron chi connectivity index (χ2n) is 4.80. The third kappa shape index (κ3) is 2.90. The Bertz CT molecular complexity index is 232. The van der Waals surface area contributed by atoms with Gasteiger partial charge in [0.15, 0.2) is 5.17 Å². The molecule has 2 fully saturated rings. The maximum Gasteiger partial charge on any atom is 0.157 e. The van der Waals surface area contributed by atoms with Gasteiger partial charge in [-0.05, 0) is 19.3 Å². The highest BCUT2D eigenvalue weighted by atomic mass is 32.2. The molecule has 2 aliphatic rings. The van der Waals surface area contributed by atoms with Crippen LogP contribution in [0.3, 0.4) is 0 Å². The highest BCUT2D eigenvalue weighted by Gasteiger charge is 2.39. The molecule has 1 saturated carbocycles. The largest absolute Gasteiger partial charge is 0.359 e. The number of amidine groups is 1. The molecule has 0 bridgehead atoms. The molecule has 15 heavy (non-hydrogen) atoms. The lowest BCUT2D eigenvalue weighted by atomic mass is 10.0. The molecule has 0 aromatic carbocycles. The van der Waals surface area contributed by atoms with E-state index in [1.165, 1.54) is 55.9 Å². The van der Waals surface area contributed by atoms with Crippen molar-refractivity contribution in [1.82, 2.24) is 5.32 Å². The second kappa shape index (κ2) is 5.24. The van der Waals surface area contributed by atoms with Gasteiger partial charge in [-0.25, -0.2) is 0 Å². The van der Waals surface area contributed by atoms with E-state index in [-0.39, 0.29) is 0 Å². The van der Waals surface area contributed by atoms with Crippen LogP contribution >= 0.6 is 11.8 Å². The normalized spacial score (nSPS) is 26.3. The van der Waals surface area contributed by atoms with Crippen LogP contribution < -0.4 is 5.32 Å². The van der Waals surface area contributed by atoms with E-state index in [2.05, 4.69) is 17.2 Å². The first kappa shape index (κ1) is 11.3. The zero-order valence-corrected chi connectivity index (χ0v) is 10.5. The maximum atomic E-state index is 4.65. The Kier molecular flexibility index (Phi) is 3.95. The highest BCUT2D eigenvalue weighted by molar-refractivity contribution is 8.14. The first-order chi connectivity index (χ1) is 7.35. The van der Waals surface area contributed by atoms with E-state index in [0.717, 1.165) is 6.54 Å². The Morgan fingerprint density at radius 3 is 2.87 bits per heavy atom. The fourth-order valence-corrected chi connectivity index (χ4v) is 3.70. The van der Waals surface area contributed by atoms with Crippen LogP contribution in [0.15, 0.2) is 4.99 Å². The Balaban J connectivity index is 1.76. The van der Waals surface area contributed by atoms with E-state index in [1.54, 1.807) is 0 Å². The van der Waals surface area contributed by atoms with Gasteiger partial charge in [-0.1, -0.05) is 44.4 Å². The first-order valence-corrected chi connectivity index (χ1v) is 7.29. The molecule has 0 amide bonds. The van der Waals surface area contributed by atoms with Crippen molar-refractivity contribution in [3.8, 4) is 0 Å². The molecular formula is C12H22N2S. The lowest BCUT2D eigenvalue weighted by molar-refractivity contribution is 0.452. The van der Waals surface area contributed by atoms with Crippen molar-refractivity contribution in [2.24, 2.45) is 4.99 Å². The minimum absolute atomic E-state index is 0.439. The van der Waals surface area contributed by atoms with Crippen molar-refractivity contribution in [2.45, 2.75) is 57.4 Å². The summed E-state index contributed by atoms with van der Waals surface area (Å²) < 4.78 is 0. The van der Waals surface area contributed by atoms with Gasteiger partial charge in [0.25, 0.3) is 0 Å². The van der Waals surface area contributed by atoms with E-state index in [0.29, 0.717) is 5.54 Å². The fraction of sp³-hybridized carbons (Fsp3) is 0.917. The molecule has 86 valence electrons. The quantitative estimate of drug-likeness (QED) is 0.745. The molecule has 1 heterocycles. The van der Waals surface area contributed by atoms with Gasteiger partial charge in [-0.3, -0.25) is 4.99 Å². The average Bonchev–Trinajstić information content (AvgIpc) is 2.85. The maximum absolute atomic E-state index is 4.65. The van der Waals surface area contributed by atoms with E-state index < -0.39 is 0 Å². The highest BCUT2D eigenvalue weighted by Crippen LogP contribution is 2.37. The molecular weight excluding hydrogens is 204 g/mol. The molecule has 0 aromatic rings. The summed E-state index contributed by atoms with van der Waals surface area (Å²) in [4.78, 5) is 4.65. The van der Waals surface area contributed by atoms with E-state index in [4.69, 9.17) is 0 Å². The SMILES string of the molecule is CCCCCN=C1NC2(CCCC2)CS1. The predicted octanol–water partition coefficient (Wildman–Crippen LogP) is 3.18. The Hall–Kier alpha value is -0.180. The molecule has 0 unspecified atom stereocenters. The summed E-state index contributed by atoms with van der Waals surface area (Å²) in [6.45, 7) is 3.25. The van der Waals surface area contributed by atoms with Crippen LogP contribution in [-0.4, -0.2) is 23.0 Å². The molecule has 2 rings (SSSR count). The van der Waals surface area contributed by atoms with Gasteiger partial charge in [-0.15, -0.1) is 0 Å². The van der Waals surface area contributed by atoms with Crippen molar-refractivity contribution >= 4 is 16.9 Å². The molecule has 0 aromatic heterocycles. The van der Waals surface area contributed by atoms with Gasteiger partial charge in [-0.2, -0.15) is 0 Å². The molecule has 1 N–H and O–H groups in total. The van der Waals surface area contributed by atoms with E-state index >= 15 is 0 Å². The van der Waals surface area contributed by atoms with Crippen LogP contribution in [0, 0.1) is 0 Å². The minimum Gasteiger partial charge on any atom is -0.359 e. The van der Waals surface area contributed by atoms with Gasteiger partial charge < -0.3 is 5.32 Å². The lowest BCUT2D eigenvalue weighted by Gasteiger charge is -2.21. The van der Waals surface area contributed by atoms with Crippen LogP contribution in [-0.2, 0) is 0 Å². The fourth-order valence-electron chi connectivity index (χ4n) is 2.45. The average molecular weight is 226 g/mol. The van der Waals surface area contributed by atoms with Crippen LogP contribution in [0.5, 0.6) is 0 Å². The van der Waals surface area contributed by atoms with Gasteiger partial charge >= 0.3 is 0 Å². The zero-order valence-electron chi connectivity index (χ0n) is 9.72. The molecule has 3 heteroatoms. The third-order valence-corrected chi connectivity index (χ3v) is 4.64. The molecule has 2 nitrogen and oxygen atoms in total. The number of unbranched alkanes of at least 4 members (excludes halogenated alkanes) is 2. The number of rotatable bonds is 4. The van der Waals surface area contributed by atoms with Gasteiger partial charge in [0.2, 0.25) is 0 Å². The van der Waals surface area contributed by atoms with Gasteiger partial charge in [0, 0.05) is 17.8 Å². The van der Waals surface area contributed by atoms with Gasteiger partial charge in [0.1, 0.15) is 0 Å². The molecule has 1 saturated heterocycles. The summed E-state index contributed by atoms with van der Waals surface area (Å²) in [5.74, 6) is 1.25. The van der Waals surface area contributed by atoms with Crippen molar-refractivity contribution < 1.29 is 0 Å². The van der Waals surface area contributed by atoms with E-state index in [1.807, 2.05) is 11.8 Å². The summed E-state index contributed by atoms with van der Waals surface area (Å²) in [5, 5.41) is 4.87. The molecule has 0 atom stereocenters. The smallest absolute Gasteiger partial charge is 0.157 e. The molecule has 1 aliphatic heterocycles. The summed E-state index contributed by atoms with van der Waals surface area (Å²) in [6.07, 6.45) is 9.35. The van der Waals surface area contributed by atoms with Crippen LogP contribution in [0.2, 0.25) is 0 Å². The Morgan fingerprint density at radius 2 is 2.13 bits per heavy atom. The number of hydrogen-bond acceptors (Lipinski definition) is 2. The third-order valence-electron chi connectivity index (χ3n) is 3.44. The number of nitrogens with one attached hydrogen (secondary N) is 1. The Morgan fingerprint density at radius 1 is 1.33 bits per heavy atom. The summed E-state index contributed by atoms with van der Waals surface area (Å²) in [6, 6.07) is 0. The van der Waals surface area contributed by atoms with Crippen LogP contribution in [0.1, 0.15) is 51.9 Å².